The van der Waals surface area contributed by atoms with E-state index in [1.54, 1.807) is 0 Å². The molecule has 0 fully saturated rings. The van der Waals surface area contributed by atoms with Crippen LogP contribution in [0.3, 0.4) is 0 Å². The fraction of sp³-hybridized carbons (Fsp3) is 0.833. The molecule has 49 heavy (non-hydrogen) atoms. The van der Waals surface area contributed by atoms with Crippen molar-refractivity contribution in [3.8, 4) is 0 Å². The number of allylic oxidation sites excluding steroid dienone is 6. The molecule has 2 atom stereocenters. The minimum atomic E-state index is -4.31. The third-order valence-corrected chi connectivity index (χ3v) is 10.1. The molecule has 0 saturated heterocycles. The van der Waals surface area contributed by atoms with Crippen molar-refractivity contribution in [2.45, 2.75) is 219 Å². The van der Waals surface area contributed by atoms with Gasteiger partial charge in [-0.3, -0.25) is 9.35 Å². The van der Waals surface area contributed by atoms with E-state index in [-0.39, 0.29) is 5.91 Å². The van der Waals surface area contributed by atoms with Crippen molar-refractivity contribution >= 4 is 16.0 Å². The maximum Gasteiger partial charge on any atom is 0.266 e. The first-order valence-electron chi connectivity index (χ1n) is 20.7. The van der Waals surface area contributed by atoms with Crippen LogP contribution in [0, 0.1) is 0 Å². The predicted octanol–water partition coefficient (Wildman–Crippen LogP) is 12.1. The van der Waals surface area contributed by atoms with E-state index in [2.05, 4.69) is 55.6 Å². The van der Waals surface area contributed by atoms with E-state index in [1.165, 1.54) is 116 Å². The molecule has 7 heteroatoms. The van der Waals surface area contributed by atoms with Crippen LogP contribution in [0.1, 0.15) is 206 Å². The number of rotatable bonds is 37. The first-order chi connectivity index (χ1) is 23.8. The molecule has 6 nitrogen and oxygen atoms in total. The van der Waals surface area contributed by atoms with Crippen LogP contribution in [0.2, 0.25) is 0 Å². The van der Waals surface area contributed by atoms with Crippen molar-refractivity contribution in [2.75, 3.05) is 5.75 Å². The Kier molecular flexibility index (Phi) is 35.3. The van der Waals surface area contributed by atoms with Crippen LogP contribution in [0.25, 0.3) is 0 Å². The van der Waals surface area contributed by atoms with Crippen molar-refractivity contribution in [1.82, 2.24) is 5.32 Å². The van der Waals surface area contributed by atoms with E-state index in [0.29, 0.717) is 12.8 Å². The highest BCUT2D eigenvalue weighted by Gasteiger charge is 2.26. The van der Waals surface area contributed by atoms with Crippen LogP contribution in [0.4, 0.5) is 0 Å². The SMILES string of the molecule is CCCCC/C=C\C/C=C\C/C=C\CCCCCCCCC(=O)NC(CS(=O)(=O)O)C(O)CCCCCCCCCCCCCCCCC. The van der Waals surface area contributed by atoms with Crippen molar-refractivity contribution in [3.63, 3.8) is 0 Å². The first-order valence-corrected chi connectivity index (χ1v) is 22.3. The van der Waals surface area contributed by atoms with Gasteiger partial charge in [-0.1, -0.05) is 185 Å². The van der Waals surface area contributed by atoms with E-state index < -0.39 is 28.0 Å². The van der Waals surface area contributed by atoms with E-state index in [4.69, 9.17) is 0 Å². The largest absolute Gasteiger partial charge is 0.391 e. The number of unbranched alkanes of at least 4 members (excludes halogenated alkanes) is 23. The molecule has 0 aliphatic rings. The quantitative estimate of drug-likeness (QED) is 0.0338. The molecule has 0 aliphatic carbocycles. The van der Waals surface area contributed by atoms with Crippen LogP contribution in [0.5, 0.6) is 0 Å². The average Bonchev–Trinajstić information content (AvgIpc) is 3.06. The van der Waals surface area contributed by atoms with Gasteiger partial charge < -0.3 is 10.4 Å². The summed E-state index contributed by atoms with van der Waals surface area (Å²) in [6, 6.07) is -0.977. The van der Waals surface area contributed by atoms with Crippen LogP contribution < -0.4 is 5.32 Å². The summed E-state index contributed by atoms with van der Waals surface area (Å²) in [5.74, 6) is -0.911. The van der Waals surface area contributed by atoms with Gasteiger partial charge in [-0.2, -0.15) is 8.42 Å². The number of hydrogen-bond acceptors (Lipinski definition) is 4. The Bertz CT molecular complexity index is 914. The summed E-state index contributed by atoms with van der Waals surface area (Å²) in [5, 5.41) is 13.3. The van der Waals surface area contributed by atoms with Crippen LogP contribution in [0.15, 0.2) is 36.5 Å². The highest BCUT2D eigenvalue weighted by Crippen LogP contribution is 2.16. The van der Waals surface area contributed by atoms with Gasteiger partial charge in [-0.05, 0) is 51.4 Å². The molecule has 0 saturated carbocycles. The molecule has 0 bridgehead atoms. The lowest BCUT2D eigenvalue weighted by Gasteiger charge is -2.23. The van der Waals surface area contributed by atoms with Crippen molar-refractivity contribution < 1.29 is 22.9 Å². The molecule has 3 N–H and O–H groups in total. The first kappa shape index (κ1) is 47.6. The number of hydrogen-bond donors (Lipinski definition) is 3. The molecule has 0 aromatic heterocycles. The second-order valence-corrected chi connectivity index (χ2v) is 15.8. The van der Waals surface area contributed by atoms with Gasteiger partial charge in [0.2, 0.25) is 5.91 Å². The molecule has 0 aromatic carbocycles. The molecule has 2 unspecified atom stereocenters. The Hall–Kier alpha value is -1.44. The smallest absolute Gasteiger partial charge is 0.266 e. The van der Waals surface area contributed by atoms with Crippen molar-refractivity contribution in [1.29, 1.82) is 0 Å². The van der Waals surface area contributed by atoms with E-state index >= 15 is 0 Å². The molecule has 0 radical (unpaired) electrons. The van der Waals surface area contributed by atoms with E-state index in [0.717, 1.165) is 64.2 Å². The molecule has 0 aromatic rings. The minimum Gasteiger partial charge on any atom is -0.391 e. The second kappa shape index (κ2) is 36.4. The molecule has 0 rings (SSSR count). The monoisotopic (exact) mass is 710 g/mol. The van der Waals surface area contributed by atoms with Gasteiger partial charge in [0.1, 0.15) is 0 Å². The molecule has 0 aliphatic heterocycles. The Morgan fingerprint density at radius 2 is 0.918 bits per heavy atom. The van der Waals surface area contributed by atoms with Crippen molar-refractivity contribution in [2.24, 2.45) is 0 Å². The predicted molar refractivity (Wildman–Crippen MR) is 212 cm³/mol. The Morgan fingerprint density at radius 1 is 0.551 bits per heavy atom. The lowest BCUT2D eigenvalue weighted by Crippen LogP contribution is -2.47. The second-order valence-electron chi connectivity index (χ2n) is 14.3. The lowest BCUT2D eigenvalue weighted by molar-refractivity contribution is -0.122. The Morgan fingerprint density at radius 3 is 1.39 bits per heavy atom. The maximum absolute atomic E-state index is 12.5. The number of carbonyl (C=O) groups excluding carboxylic acids is 1. The van der Waals surface area contributed by atoms with Crippen molar-refractivity contribution in [3.05, 3.63) is 36.5 Å². The molecule has 1 amide bonds. The summed E-state index contributed by atoms with van der Waals surface area (Å²) in [6.45, 7) is 4.49. The fourth-order valence-corrected chi connectivity index (χ4v) is 6.98. The number of nitrogens with one attached hydrogen (secondary N) is 1. The zero-order chi connectivity index (χ0) is 36.1. The van der Waals surface area contributed by atoms with Crippen LogP contribution >= 0.6 is 0 Å². The van der Waals surface area contributed by atoms with Gasteiger partial charge in [0.05, 0.1) is 17.9 Å². The molecule has 0 heterocycles. The Balaban J connectivity index is 3.90. The lowest BCUT2D eigenvalue weighted by atomic mass is 10.0. The van der Waals surface area contributed by atoms with Gasteiger partial charge >= 0.3 is 0 Å². The summed E-state index contributed by atoms with van der Waals surface area (Å²) >= 11 is 0. The zero-order valence-corrected chi connectivity index (χ0v) is 32.9. The third kappa shape index (κ3) is 37.6. The van der Waals surface area contributed by atoms with E-state index in [1.807, 2.05) is 0 Å². The number of carbonyl (C=O) groups is 1. The summed E-state index contributed by atoms with van der Waals surface area (Å²) < 4.78 is 32.5. The standard InChI is InChI=1S/C42H79NO5S/c1-3-5-7-9-11-13-15-17-19-20-21-22-24-26-28-30-32-34-36-38-42(45)43-40(39-49(46,47)48)41(44)37-35-33-31-29-27-25-23-18-16-14-12-10-8-6-4-2/h11,13,17,19,21-22,40-41,44H,3-10,12,14-16,18,20,23-39H2,1-2H3,(H,43,45)(H,46,47,48)/b13-11-,19-17-,22-21-. The number of aliphatic hydroxyl groups excluding tert-OH is 1. The zero-order valence-electron chi connectivity index (χ0n) is 32.1. The van der Waals surface area contributed by atoms with Crippen LogP contribution in [-0.2, 0) is 14.9 Å². The van der Waals surface area contributed by atoms with Gasteiger partial charge in [0.25, 0.3) is 10.1 Å². The van der Waals surface area contributed by atoms with Gasteiger partial charge in [-0.15, -0.1) is 0 Å². The van der Waals surface area contributed by atoms with Crippen LogP contribution in [-0.4, -0.2) is 41.9 Å². The third-order valence-electron chi connectivity index (χ3n) is 9.35. The maximum atomic E-state index is 12.5. The Labute approximate surface area is 304 Å². The summed E-state index contributed by atoms with van der Waals surface area (Å²) in [5.41, 5.74) is 0. The number of amides is 1. The topological polar surface area (TPSA) is 104 Å². The minimum absolute atomic E-state index is 0.258. The van der Waals surface area contributed by atoms with Gasteiger partial charge in [0, 0.05) is 6.42 Å². The molecule has 0 spiro atoms. The fourth-order valence-electron chi connectivity index (χ4n) is 6.23. The van der Waals surface area contributed by atoms with E-state index in [9.17, 15) is 22.9 Å². The van der Waals surface area contributed by atoms with Gasteiger partial charge in [-0.25, -0.2) is 0 Å². The average molecular weight is 710 g/mol. The van der Waals surface area contributed by atoms with Gasteiger partial charge in [0.15, 0.2) is 0 Å². The normalized spacial score (nSPS) is 13.6. The number of aliphatic hydroxyl groups is 1. The molecule has 288 valence electrons. The highest BCUT2D eigenvalue weighted by atomic mass is 32.2. The summed E-state index contributed by atoms with van der Waals surface area (Å²) in [6.07, 6.45) is 46.6. The summed E-state index contributed by atoms with van der Waals surface area (Å²) in [4.78, 5) is 12.5. The highest BCUT2D eigenvalue weighted by molar-refractivity contribution is 7.85. The molecular weight excluding hydrogens is 631 g/mol. The molecular formula is C42H79NO5S. The summed E-state index contributed by atoms with van der Waals surface area (Å²) in [7, 11) is -4.31.